The van der Waals surface area contributed by atoms with Crippen LogP contribution in [0.2, 0.25) is 10.0 Å². The number of aromatic nitrogens is 3. The molecule has 0 fully saturated rings. The number of nitrogens with zero attached hydrogens (tertiary/aromatic N) is 3. The fourth-order valence-corrected chi connectivity index (χ4v) is 3.63. The van der Waals surface area contributed by atoms with Gasteiger partial charge in [0.2, 0.25) is 11.9 Å². The molecule has 0 atom stereocenters. The molecule has 4 rings (SSSR count). The maximum absolute atomic E-state index is 13.2. The highest BCUT2D eigenvalue weighted by Crippen LogP contribution is 2.17. The highest BCUT2D eigenvalue weighted by molar-refractivity contribution is 6.30. The van der Waals surface area contributed by atoms with Crippen molar-refractivity contribution in [2.75, 3.05) is 10.6 Å². The lowest BCUT2D eigenvalue weighted by Gasteiger charge is -2.08. The zero-order valence-corrected chi connectivity index (χ0v) is 18.9. The number of hydrogen-bond donors (Lipinski definition) is 2. The average Bonchev–Trinajstić information content (AvgIpc) is 3.19. The molecule has 4 aromatic rings. The van der Waals surface area contributed by atoms with E-state index in [-0.39, 0.29) is 5.91 Å². The average molecular weight is 466 g/mol. The minimum absolute atomic E-state index is 0.273. The summed E-state index contributed by atoms with van der Waals surface area (Å²) in [6.07, 6.45) is 0. The van der Waals surface area contributed by atoms with Gasteiger partial charge in [-0.15, -0.1) is 5.10 Å². The Morgan fingerprint density at radius 3 is 2.12 bits per heavy atom. The smallest absolute Gasteiger partial charge is 0.281 e. The van der Waals surface area contributed by atoms with Crippen LogP contribution in [0.5, 0.6) is 0 Å². The highest BCUT2D eigenvalue weighted by Gasteiger charge is 2.18. The molecule has 0 amide bonds. The number of anilines is 2. The molecule has 1 aromatic heterocycles. The Bertz CT molecular complexity index is 1250. The number of hydrogen-bond acceptors (Lipinski definition) is 5. The van der Waals surface area contributed by atoms with E-state index < -0.39 is 0 Å². The monoisotopic (exact) mass is 465 g/mol. The Hall–Kier alpha value is -3.35. The molecular formula is C24H21Cl2N5O. The van der Waals surface area contributed by atoms with E-state index in [1.807, 2.05) is 73.7 Å². The van der Waals surface area contributed by atoms with Crippen LogP contribution < -0.4 is 10.6 Å². The van der Waals surface area contributed by atoms with Crippen molar-refractivity contribution >= 4 is 41.0 Å². The number of rotatable bonds is 7. The van der Waals surface area contributed by atoms with Crippen LogP contribution in [0.1, 0.15) is 27.0 Å². The third-order valence-electron chi connectivity index (χ3n) is 4.74. The largest absolute Gasteiger partial charge is 0.350 e. The first-order chi connectivity index (χ1) is 15.5. The molecule has 3 aromatic carbocycles. The molecule has 0 spiro atoms. The molecule has 2 N–H and O–H groups in total. The van der Waals surface area contributed by atoms with Gasteiger partial charge < -0.3 is 10.6 Å². The van der Waals surface area contributed by atoms with Crippen molar-refractivity contribution in [3.63, 3.8) is 0 Å². The Morgan fingerprint density at radius 1 is 0.875 bits per heavy atom. The van der Waals surface area contributed by atoms with Crippen LogP contribution in [0.15, 0.2) is 72.8 Å². The zero-order valence-electron chi connectivity index (χ0n) is 17.3. The van der Waals surface area contributed by atoms with Crippen molar-refractivity contribution in [3.05, 3.63) is 105 Å². The first-order valence-corrected chi connectivity index (χ1v) is 10.8. The number of aryl methyl sites for hydroxylation is 1. The van der Waals surface area contributed by atoms with E-state index in [9.17, 15) is 4.79 Å². The second kappa shape index (κ2) is 9.85. The molecule has 8 heteroatoms. The van der Waals surface area contributed by atoms with Gasteiger partial charge in [0.05, 0.1) is 0 Å². The first kappa shape index (κ1) is 21.9. The summed E-state index contributed by atoms with van der Waals surface area (Å²) in [6.45, 7) is 2.85. The van der Waals surface area contributed by atoms with Crippen LogP contribution in [-0.2, 0) is 13.1 Å². The van der Waals surface area contributed by atoms with Crippen molar-refractivity contribution in [1.82, 2.24) is 14.8 Å². The molecule has 1 heterocycles. The fraction of sp³-hybridized carbons (Fsp3) is 0.125. The Labute approximate surface area is 196 Å². The molecule has 0 aliphatic carbocycles. The van der Waals surface area contributed by atoms with Crippen molar-refractivity contribution in [3.8, 4) is 0 Å². The van der Waals surface area contributed by atoms with Crippen molar-refractivity contribution in [2.45, 2.75) is 20.0 Å². The van der Waals surface area contributed by atoms with Gasteiger partial charge >= 0.3 is 0 Å². The molecule has 0 bridgehead atoms. The summed E-state index contributed by atoms with van der Waals surface area (Å²) in [5, 5.41) is 12.1. The van der Waals surface area contributed by atoms with Crippen LogP contribution in [-0.4, -0.2) is 20.7 Å². The summed E-state index contributed by atoms with van der Waals surface area (Å²) >= 11 is 12.1. The second-order valence-corrected chi connectivity index (χ2v) is 8.19. The van der Waals surface area contributed by atoms with Gasteiger partial charge in [-0.3, -0.25) is 4.79 Å². The van der Waals surface area contributed by atoms with E-state index >= 15 is 0 Å². The molecular weight excluding hydrogens is 445 g/mol. The van der Waals surface area contributed by atoms with E-state index in [1.165, 1.54) is 4.68 Å². The summed E-state index contributed by atoms with van der Waals surface area (Å²) in [5.41, 5.74) is 3.46. The molecule has 0 saturated heterocycles. The van der Waals surface area contributed by atoms with E-state index in [1.54, 1.807) is 6.07 Å². The van der Waals surface area contributed by atoms with Crippen LogP contribution >= 0.6 is 23.2 Å². The van der Waals surface area contributed by atoms with Gasteiger partial charge in [-0.05, 0) is 54.4 Å². The maximum atomic E-state index is 13.2. The molecule has 32 heavy (non-hydrogen) atoms. The fourth-order valence-electron chi connectivity index (χ4n) is 3.20. The van der Waals surface area contributed by atoms with Gasteiger partial charge in [0.25, 0.3) is 5.91 Å². The summed E-state index contributed by atoms with van der Waals surface area (Å²) in [5.74, 6) is 0.398. The maximum Gasteiger partial charge on any atom is 0.281 e. The first-order valence-electron chi connectivity index (χ1n) is 10.0. The third-order valence-corrected chi connectivity index (χ3v) is 5.21. The Balaban J connectivity index is 1.59. The van der Waals surface area contributed by atoms with Crippen LogP contribution in [0.3, 0.4) is 0 Å². The lowest BCUT2D eigenvalue weighted by Crippen LogP contribution is -2.17. The minimum Gasteiger partial charge on any atom is -0.350 e. The number of nitrogens with one attached hydrogen (secondary N) is 2. The molecule has 0 aliphatic heterocycles. The van der Waals surface area contributed by atoms with Gasteiger partial charge in [0.1, 0.15) is 0 Å². The normalized spacial score (nSPS) is 10.7. The van der Waals surface area contributed by atoms with Gasteiger partial charge in [-0.1, -0.05) is 65.2 Å². The minimum atomic E-state index is -0.273. The summed E-state index contributed by atoms with van der Waals surface area (Å²) in [7, 11) is 0. The molecule has 0 aliphatic rings. The van der Waals surface area contributed by atoms with E-state index in [0.29, 0.717) is 40.6 Å². The quantitative estimate of drug-likeness (QED) is 0.360. The predicted octanol–water partition coefficient (Wildman–Crippen LogP) is 5.81. The second-order valence-electron chi connectivity index (χ2n) is 7.31. The van der Waals surface area contributed by atoms with Crippen LogP contribution in [0, 0.1) is 6.92 Å². The van der Waals surface area contributed by atoms with Gasteiger partial charge in [-0.2, -0.15) is 9.67 Å². The third kappa shape index (κ3) is 5.46. The Morgan fingerprint density at radius 2 is 1.50 bits per heavy atom. The molecule has 0 saturated carbocycles. The molecule has 0 unspecified atom stereocenters. The van der Waals surface area contributed by atoms with Crippen LogP contribution in [0.25, 0.3) is 0 Å². The summed E-state index contributed by atoms with van der Waals surface area (Å²) in [6, 6.07) is 22.4. The lowest BCUT2D eigenvalue weighted by molar-refractivity contribution is 0.0947. The highest BCUT2D eigenvalue weighted by atomic mass is 35.5. The van der Waals surface area contributed by atoms with Crippen molar-refractivity contribution in [2.24, 2.45) is 0 Å². The Kier molecular flexibility index (Phi) is 6.73. The number of carbonyl (C=O) groups excluding carboxylic acids is 1. The topological polar surface area (TPSA) is 71.8 Å². The summed E-state index contributed by atoms with van der Waals surface area (Å²) < 4.78 is 1.28. The lowest BCUT2D eigenvalue weighted by atomic mass is 10.1. The summed E-state index contributed by atoms with van der Waals surface area (Å²) in [4.78, 5) is 17.7. The molecule has 0 radical (unpaired) electrons. The van der Waals surface area contributed by atoms with Gasteiger partial charge in [0, 0.05) is 28.7 Å². The van der Waals surface area contributed by atoms with Crippen molar-refractivity contribution in [1.29, 1.82) is 0 Å². The van der Waals surface area contributed by atoms with E-state index in [2.05, 4.69) is 20.7 Å². The molecule has 162 valence electrons. The predicted molar refractivity (Wildman–Crippen MR) is 128 cm³/mol. The van der Waals surface area contributed by atoms with Gasteiger partial charge in [-0.25, -0.2) is 0 Å². The van der Waals surface area contributed by atoms with Crippen molar-refractivity contribution < 1.29 is 4.79 Å². The number of benzene rings is 3. The van der Waals surface area contributed by atoms with E-state index in [4.69, 9.17) is 23.2 Å². The van der Waals surface area contributed by atoms with Gasteiger partial charge in [0.15, 0.2) is 0 Å². The standard InChI is InChI=1S/C24H21Cl2N5O/c1-16-5-2-8-19(11-16)22(32)31-24(28-15-18-7-4-10-21(26)13-18)29-23(30-31)27-14-17-6-3-9-20(25)12-17/h2-13H,14-15H2,1H3,(H2,27,28,29,30). The number of carbonyl (C=O) groups is 1. The molecule has 6 nitrogen and oxygen atoms in total. The van der Waals surface area contributed by atoms with E-state index in [0.717, 1.165) is 16.7 Å². The van der Waals surface area contributed by atoms with Crippen LogP contribution in [0.4, 0.5) is 11.9 Å². The number of halogens is 2. The SMILES string of the molecule is Cc1cccc(C(=O)n2nc(NCc3cccc(Cl)c3)nc2NCc2cccc(Cl)c2)c1. The zero-order chi connectivity index (χ0) is 22.5.